The van der Waals surface area contributed by atoms with Gasteiger partial charge in [0, 0.05) is 31.4 Å². The second-order valence-corrected chi connectivity index (χ2v) is 8.00. The fraction of sp³-hybridized carbons (Fsp3) is 0.208. The normalized spacial score (nSPS) is 10.2. The van der Waals surface area contributed by atoms with Crippen LogP contribution in [0.3, 0.4) is 0 Å². The van der Waals surface area contributed by atoms with Crippen molar-refractivity contribution in [3.8, 4) is 11.5 Å². The smallest absolute Gasteiger partial charge is 0.416 e. The van der Waals surface area contributed by atoms with Gasteiger partial charge in [0.15, 0.2) is 5.82 Å². The van der Waals surface area contributed by atoms with Crippen LogP contribution in [0.1, 0.15) is 12.0 Å². The lowest BCUT2D eigenvalue weighted by molar-refractivity contribution is -0.137. The molecule has 0 radical (unpaired) electrons. The molecule has 4 rings (SSSR count). The number of ether oxygens (including phenoxy) is 1. The Kier molecular flexibility index (Phi) is 15.7. The fourth-order valence-corrected chi connectivity index (χ4v) is 3.44. The summed E-state index contributed by atoms with van der Waals surface area (Å²) in [5, 5.41) is 11.4. The molecule has 40 heavy (non-hydrogen) atoms. The molecule has 9 nitrogen and oxygen atoms in total. The minimum absolute atomic E-state index is 0. The number of primary amides is 1. The van der Waals surface area contributed by atoms with Crippen LogP contribution in [0.5, 0.6) is 11.5 Å². The number of benzene rings is 2. The molecule has 2 heterocycles. The predicted octanol–water partition coefficient (Wildman–Crippen LogP) is 5.72. The third kappa shape index (κ3) is 10.2. The lowest BCUT2D eigenvalue weighted by Crippen LogP contribution is -2.11. The third-order valence-corrected chi connectivity index (χ3v) is 5.16. The Morgan fingerprint density at radius 3 is 2.40 bits per heavy atom. The number of carbonyl (C=O) groups excluding carboxylic acids is 1. The Hall–Kier alpha value is -3.00. The van der Waals surface area contributed by atoms with E-state index in [2.05, 4.69) is 21.0 Å². The number of nitrogens with two attached hydrogens (primary N) is 2. The lowest BCUT2D eigenvalue weighted by atomic mass is 10.2. The zero-order valence-electron chi connectivity index (χ0n) is 20.6. The molecule has 0 bridgehead atoms. The van der Waals surface area contributed by atoms with Gasteiger partial charge in [0.1, 0.15) is 23.3 Å². The van der Waals surface area contributed by atoms with Gasteiger partial charge in [0.25, 0.3) is 0 Å². The summed E-state index contributed by atoms with van der Waals surface area (Å²) in [7, 11) is 0. The Morgan fingerprint density at radius 1 is 1.10 bits per heavy atom. The van der Waals surface area contributed by atoms with E-state index in [4.69, 9.17) is 27.2 Å². The van der Waals surface area contributed by atoms with E-state index in [0.717, 1.165) is 23.2 Å². The zero-order valence-corrected chi connectivity index (χ0v) is 23.8. The Bertz CT molecular complexity index is 1380. The molecule has 0 aliphatic rings. The molecule has 0 saturated heterocycles. The number of carbonyl (C=O) groups is 1. The topological polar surface area (TPSA) is 141 Å². The molecule has 0 aliphatic heterocycles. The van der Waals surface area contributed by atoms with Crippen LogP contribution in [0.25, 0.3) is 11.0 Å². The molecule has 0 atom stereocenters. The van der Waals surface area contributed by atoms with Crippen LogP contribution in [-0.2, 0) is 17.5 Å². The molecule has 2 aromatic heterocycles. The number of nitrogens with one attached hydrogen (secondary N) is 1. The summed E-state index contributed by atoms with van der Waals surface area (Å²) in [6, 6.07) is 11.3. The summed E-state index contributed by atoms with van der Waals surface area (Å²) < 4.78 is 46.2. The van der Waals surface area contributed by atoms with Gasteiger partial charge in [-0.05, 0) is 42.5 Å². The van der Waals surface area contributed by atoms with Crippen molar-refractivity contribution in [2.75, 3.05) is 18.5 Å². The predicted molar refractivity (Wildman–Crippen MR) is 155 cm³/mol. The second-order valence-electron chi connectivity index (χ2n) is 7.59. The van der Waals surface area contributed by atoms with E-state index in [9.17, 15) is 18.0 Å². The van der Waals surface area contributed by atoms with Crippen LogP contribution >= 0.6 is 48.8 Å². The van der Waals surface area contributed by atoms with E-state index in [-0.39, 0.29) is 66.8 Å². The minimum atomic E-state index is -4.46. The van der Waals surface area contributed by atoms with E-state index < -0.39 is 17.6 Å². The third-order valence-electron chi connectivity index (χ3n) is 4.86. The molecule has 0 unspecified atom stereocenters. The molecule has 16 heteroatoms. The molecule has 0 saturated carbocycles. The quantitative estimate of drug-likeness (QED) is 0.192. The highest BCUT2D eigenvalue weighted by atomic mass is 35.5. The summed E-state index contributed by atoms with van der Waals surface area (Å²) in [4.78, 5) is 18.2. The Morgan fingerprint density at radius 2 is 1.82 bits per heavy atom. The first-order valence-corrected chi connectivity index (χ1v) is 11.3. The molecule has 0 aliphatic carbocycles. The van der Waals surface area contributed by atoms with E-state index >= 15 is 0 Å². The van der Waals surface area contributed by atoms with Gasteiger partial charge in [-0.3, -0.25) is 4.79 Å². The highest BCUT2D eigenvalue weighted by Gasteiger charge is 2.30. The first kappa shape index (κ1) is 37.0. The zero-order chi connectivity index (χ0) is 27.0. The molecule has 220 valence electrons. The Labute approximate surface area is 251 Å². The van der Waals surface area contributed by atoms with Gasteiger partial charge in [-0.15, -0.1) is 37.2 Å². The number of hydrogen-bond donors (Lipinski definition) is 4. The van der Waals surface area contributed by atoms with Crippen molar-refractivity contribution in [3.05, 3.63) is 71.6 Å². The molecule has 4 aromatic rings. The molecule has 0 spiro atoms. The van der Waals surface area contributed by atoms with E-state index in [1.54, 1.807) is 18.2 Å². The van der Waals surface area contributed by atoms with Crippen molar-refractivity contribution in [3.63, 3.8) is 0 Å². The van der Waals surface area contributed by atoms with Crippen LogP contribution in [0.2, 0.25) is 5.02 Å². The standard InChI is InChI=1S/C21H17ClF3N5O.C3H7NO2.3ClH/c22-16-11-14(29-20-19-17(27-12-28-20)6-8-30(19)9-7-26)4-5-18(16)31-15-3-1-2-13(10-15)21(23,24)25;4-3(6)1-2-5;;;/h1-6,8,10-12H,7,9,26H2,(H,27,28,29);5H,1-2H2,(H2,4,6);3*1H. The molecular formula is C24H27Cl4F3N6O3. The van der Waals surface area contributed by atoms with E-state index in [1.807, 2.05) is 16.8 Å². The van der Waals surface area contributed by atoms with Crippen LogP contribution < -0.4 is 21.5 Å². The molecule has 6 N–H and O–H groups in total. The number of fused-ring (bicyclic) bond motifs is 1. The summed E-state index contributed by atoms with van der Waals surface area (Å²) in [5.41, 5.74) is 11.7. The van der Waals surface area contributed by atoms with Gasteiger partial charge in [-0.1, -0.05) is 17.7 Å². The van der Waals surface area contributed by atoms with Crippen LogP contribution in [0.15, 0.2) is 61.1 Å². The number of aliphatic hydroxyl groups excluding tert-OH is 1. The largest absolute Gasteiger partial charge is 0.456 e. The van der Waals surface area contributed by atoms with Crippen molar-refractivity contribution in [1.82, 2.24) is 14.5 Å². The van der Waals surface area contributed by atoms with Crippen molar-refractivity contribution in [2.24, 2.45) is 11.5 Å². The lowest BCUT2D eigenvalue weighted by Gasteiger charge is -2.13. The SMILES string of the molecule is Cl.Cl.Cl.NC(=O)CCO.NCCn1ccc2ncnc(Nc3ccc(Oc4cccc(C(F)(F)F)c4)c(Cl)c3)c21. The second kappa shape index (κ2) is 17.0. The number of hydrogen-bond acceptors (Lipinski definition) is 7. The van der Waals surface area contributed by atoms with Crippen molar-refractivity contribution in [2.45, 2.75) is 19.1 Å². The number of anilines is 2. The average Bonchev–Trinajstić information content (AvgIpc) is 3.25. The van der Waals surface area contributed by atoms with Gasteiger partial charge >= 0.3 is 6.18 Å². The number of amides is 1. The first-order valence-electron chi connectivity index (χ1n) is 10.9. The molecule has 1 amide bonds. The summed E-state index contributed by atoms with van der Waals surface area (Å²) in [5.74, 6) is 0.379. The maximum absolute atomic E-state index is 12.9. The van der Waals surface area contributed by atoms with Crippen LogP contribution in [0, 0.1) is 0 Å². The van der Waals surface area contributed by atoms with Crippen LogP contribution in [-0.4, -0.2) is 38.7 Å². The molecule has 2 aromatic carbocycles. The number of aliphatic hydroxyl groups is 1. The maximum Gasteiger partial charge on any atom is 0.416 e. The minimum Gasteiger partial charge on any atom is -0.456 e. The fourth-order valence-electron chi connectivity index (χ4n) is 3.22. The maximum atomic E-state index is 12.9. The molecular weight excluding hydrogens is 619 g/mol. The van der Waals surface area contributed by atoms with E-state index in [1.165, 1.54) is 18.5 Å². The highest BCUT2D eigenvalue weighted by molar-refractivity contribution is 6.32. The van der Waals surface area contributed by atoms with Crippen molar-refractivity contribution in [1.29, 1.82) is 0 Å². The summed E-state index contributed by atoms with van der Waals surface area (Å²) >= 11 is 6.31. The number of nitrogens with zero attached hydrogens (tertiary/aromatic N) is 3. The van der Waals surface area contributed by atoms with Gasteiger partial charge in [0.2, 0.25) is 5.91 Å². The van der Waals surface area contributed by atoms with Gasteiger partial charge < -0.3 is 31.2 Å². The molecule has 0 fully saturated rings. The van der Waals surface area contributed by atoms with Gasteiger partial charge in [0.05, 0.1) is 22.7 Å². The summed E-state index contributed by atoms with van der Waals surface area (Å²) in [6.45, 7) is 0.928. The number of halogens is 7. The van der Waals surface area contributed by atoms with Crippen LogP contribution in [0.4, 0.5) is 24.7 Å². The average molecular weight is 646 g/mol. The van der Waals surface area contributed by atoms with Gasteiger partial charge in [-0.25, -0.2) is 9.97 Å². The first-order chi connectivity index (χ1) is 17.6. The number of rotatable bonds is 8. The number of aromatic nitrogens is 3. The highest BCUT2D eigenvalue weighted by Crippen LogP contribution is 2.36. The summed E-state index contributed by atoms with van der Waals surface area (Å²) in [6.07, 6.45) is -1.05. The van der Waals surface area contributed by atoms with E-state index in [0.29, 0.717) is 24.6 Å². The van der Waals surface area contributed by atoms with Crippen molar-refractivity contribution < 1.29 is 27.8 Å². The monoisotopic (exact) mass is 644 g/mol. The number of alkyl halides is 3. The van der Waals surface area contributed by atoms with Crippen molar-refractivity contribution >= 4 is 77.3 Å². The Balaban J connectivity index is 0.00000153. The van der Waals surface area contributed by atoms with Gasteiger partial charge in [-0.2, -0.15) is 13.2 Å².